The maximum atomic E-state index is 12.3. The van der Waals surface area contributed by atoms with E-state index in [1.807, 2.05) is 24.3 Å². The summed E-state index contributed by atoms with van der Waals surface area (Å²) in [6.45, 7) is 0. The Balaban J connectivity index is 1.79. The van der Waals surface area contributed by atoms with Gasteiger partial charge < -0.3 is 10.1 Å². The van der Waals surface area contributed by atoms with Crippen molar-refractivity contribution >= 4 is 46.1 Å². The zero-order chi connectivity index (χ0) is 17.1. The highest BCUT2D eigenvalue weighted by molar-refractivity contribution is 7.13. The SMILES string of the molecule is COc1ccc(-c2nc(C(=O)Nc3cc(Cl)ccc3Cl)cs2)cc1. The van der Waals surface area contributed by atoms with Crippen LogP contribution in [0.4, 0.5) is 5.69 Å². The van der Waals surface area contributed by atoms with Gasteiger partial charge in [0.15, 0.2) is 0 Å². The van der Waals surface area contributed by atoms with Crippen LogP contribution in [0.3, 0.4) is 0 Å². The number of amides is 1. The highest BCUT2D eigenvalue weighted by Gasteiger charge is 2.14. The Hall–Kier alpha value is -2.08. The molecule has 0 saturated heterocycles. The summed E-state index contributed by atoms with van der Waals surface area (Å²) in [5.74, 6) is 0.430. The molecule has 3 rings (SSSR count). The molecule has 3 aromatic rings. The molecule has 0 aliphatic heterocycles. The molecule has 1 N–H and O–H groups in total. The normalized spacial score (nSPS) is 10.5. The summed E-state index contributed by atoms with van der Waals surface area (Å²) in [5, 5.41) is 6.08. The minimum Gasteiger partial charge on any atom is -0.497 e. The molecule has 0 saturated carbocycles. The van der Waals surface area contributed by atoms with Crippen LogP contribution < -0.4 is 10.1 Å². The van der Waals surface area contributed by atoms with E-state index in [0.29, 0.717) is 21.4 Å². The second-order valence-electron chi connectivity index (χ2n) is 4.84. The van der Waals surface area contributed by atoms with Gasteiger partial charge in [0.25, 0.3) is 5.91 Å². The first-order valence-corrected chi connectivity index (χ1v) is 8.57. The van der Waals surface area contributed by atoms with Gasteiger partial charge in [-0.1, -0.05) is 23.2 Å². The monoisotopic (exact) mass is 378 g/mol. The average molecular weight is 379 g/mol. The zero-order valence-corrected chi connectivity index (χ0v) is 14.9. The van der Waals surface area contributed by atoms with Gasteiger partial charge in [-0.15, -0.1) is 11.3 Å². The van der Waals surface area contributed by atoms with Crippen molar-refractivity contribution in [3.8, 4) is 16.3 Å². The van der Waals surface area contributed by atoms with Crippen LogP contribution in [-0.4, -0.2) is 18.0 Å². The van der Waals surface area contributed by atoms with Gasteiger partial charge in [-0.05, 0) is 42.5 Å². The van der Waals surface area contributed by atoms with E-state index in [4.69, 9.17) is 27.9 Å². The number of methoxy groups -OCH3 is 1. The molecule has 1 heterocycles. The van der Waals surface area contributed by atoms with E-state index in [2.05, 4.69) is 10.3 Å². The van der Waals surface area contributed by atoms with Gasteiger partial charge in [0.2, 0.25) is 0 Å². The molecule has 0 unspecified atom stereocenters. The lowest BCUT2D eigenvalue weighted by atomic mass is 10.2. The standard InChI is InChI=1S/C17H12Cl2N2O2S/c1-23-12-5-2-10(3-6-12)17-21-15(9-24-17)16(22)20-14-8-11(18)4-7-13(14)19/h2-9H,1H3,(H,20,22). The molecule has 0 radical (unpaired) electrons. The number of carbonyl (C=O) groups is 1. The molecule has 0 fully saturated rings. The number of hydrogen-bond acceptors (Lipinski definition) is 4. The summed E-state index contributed by atoms with van der Waals surface area (Å²) in [4.78, 5) is 16.7. The van der Waals surface area contributed by atoms with Gasteiger partial charge in [-0.3, -0.25) is 4.79 Å². The van der Waals surface area contributed by atoms with Crippen LogP contribution in [-0.2, 0) is 0 Å². The first-order valence-electron chi connectivity index (χ1n) is 6.93. The maximum absolute atomic E-state index is 12.3. The van der Waals surface area contributed by atoms with Gasteiger partial charge in [0.1, 0.15) is 16.5 Å². The summed E-state index contributed by atoms with van der Waals surface area (Å²) in [7, 11) is 1.61. The smallest absolute Gasteiger partial charge is 0.275 e. The average Bonchev–Trinajstić information content (AvgIpc) is 3.08. The number of rotatable bonds is 4. The third-order valence-corrected chi connectivity index (χ3v) is 4.71. The molecule has 0 bridgehead atoms. The lowest BCUT2D eigenvalue weighted by Crippen LogP contribution is -2.12. The van der Waals surface area contributed by atoms with Crippen molar-refractivity contribution in [3.63, 3.8) is 0 Å². The second-order valence-corrected chi connectivity index (χ2v) is 6.55. The van der Waals surface area contributed by atoms with Crippen molar-refractivity contribution in [2.75, 3.05) is 12.4 Å². The van der Waals surface area contributed by atoms with Gasteiger partial charge in [0, 0.05) is 16.0 Å². The van der Waals surface area contributed by atoms with E-state index in [1.54, 1.807) is 30.7 Å². The van der Waals surface area contributed by atoms with Crippen LogP contribution >= 0.6 is 34.5 Å². The Morgan fingerprint density at radius 1 is 1.17 bits per heavy atom. The highest BCUT2D eigenvalue weighted by atomic mass is 35.5. The van der Waals surface area contributed by atoms with Crippen molar-refractivity contribution in [3.05, 3.63) is 63.6 Å². The van der Waals surface area contributed by atoms with Crippen LogP contribution in [0.5, 0.6) is 5.75 Å². The molecular weight excluding hydrogens is 367 g/mol. The fourth-order valence-electron chi connectivity index (χ4n) is 2.02. The van der Waals surface area contributed by atoms with Gasteiger partial charge >= 0.3 is 0 Å². The van der Waals surface area contributed by atoms with Gasteiger partial charge in [-0.2, -0.15) is 0 Å². The first-order chi connectivity index (χ1) is 11.6. The number of carbonyl (C=O) groups excluding carboxylic acids is 1. The predicted octanol–water partition coefficient (Wildman–Crippen LogP) is 5.38. The summed E-state index contributed by atoms with van der Waals surface area (Å²) in [5.41, 5.74) is 1.69. The zero-order valence-electron chi connectivity index (χ0n) is 12.5. The number of thiazole rings is 1. The predicted molar refractivity (Wildman–Crippen MR) is 98.5 cm³/mol. The number of ether oxygens (including phenoxy) is 1. The lowest BCUT2D eigenvalue weighted by Gasteiger charge is -2.06. The Kier molecular flexibility index (Phi) is 5.04. The van der Waals surface area contributed by atoms with Gasteiger partial charge in [-0.25, -0.2) is 4.98 Å². The fourth-order valence-corrected chi connectivity index (χ4v) is 3.17. The highest BCUT2D eigenvalue weighted by Crippen LogP contribution is 2.28. The van der Waals surface area contributed by atoms with Crippen molar-refractivity contribution in [1.29, 1.82) is 0 Å². The van der Waals surface area contributed by atoms with E-state index in [0.717, 1.165) is 16.3 Å². The van der Waals surface area contributed by atoms with Crippen molar-refractivity contribution in [2.24, 2.45) is 0 Å². The molecule has 1 amide bonds. The van der Waals surface area contributed by atoms with E-state index in [-0.39, 0.29) is 5.91 Å². The molecule has 0 atom stereocenters. The summed E-state index contributed by atoms with van der Waals surface area (Å²) in [6.07, 6.45) is 0. The third-order valence-electron chi connectivity index (χ3n) is 3.25. The summed E-state index contributed by atoms with van der Waals surface area (Å²) in [6, 6.07) is 12.4. The Labute approximate surface area is 153 Å². The Morgan fingerprint density at radius 3 is 2.62 bits per heavy atom. The minimum absolute atomic E-state index is 0.321. The molecule has 2 aromatic carbocycles. The fraction of sp³-hybridized carbons (Fsp3) is 0.0588. The number of hydrogen-bond donors (Lipinski definition) is 1. The minimum atomic E-state index is -0.338. The number of nitrogens with zero attached hydrogens (tertiary/aromatic N) is 1. The third kappa shape index (κ3) is 3.70. The number of anilines is 1. The lowest BCUT2D eigenvalue weighted by molar-refractivity contribution is 0.102. The summed E-state index contributed by atoms with van der Waals surface area (Å²) >= 11 is 13.4. The molecule has 24 heavy (non-hydrogen) atoms. The molecule has 7 heteroatoms. The molecule has 0 aliphatic rings. The quantitative estimate of drug-likeness (QED) is 0.662. The molecule has 0 spiro atoms. The van der Waals surface area contributed by atoms with Crippen molar-refractivity contribution < 1.29 is 9.53 Å². The van der Waals surface area contributed by atoms with E-state index in [9.17, 15) is 4.79 Å². The first kappa shape index (κ1) is 16.8. The molecular formula is C17H12Cl2N2O2S. The van der Waals surface area contributed by atoms with Crippen molar-refractivity contribution in [1.82, 2.24) is 4.98 Å². The van der Waals surface area contributed by atoms with Crippen molar-refractivity contribution in [2.45, 2.75) is 0 Å². The van der Waals surface area contributed by atoms with Crippen LogP contribution in [0.15, 0.2) is 47.8 Å². The number of halogens is 2. The summed E-state index contributed by atoms with van der Waals surface area (Å²) < 4.78 is 5.13. The number of aromatic nitrogens is 1. The largest absolute Gasteiger partial charge is 0.497 e. The molecule has 4 nitrogen and oxygen atoms in total. The number of benzene rings is 2. The maximum Gasteiger partial charge on any atom is 0.275 e. The van der Waals surface area contributed by atoms with Crippen LogP contribution in [0.2, 0.25) is 10.0 Å². The van der Waals surface area contributed by atoms with Gasteiger partial charge in [0.05, 0.1) is 17.8 Å². The van der Waals surface area contributed by atoms with Crippen LogP contribution in [0.25, 0.3) is 10.6 Å². The van der Waals surface area contributed by atoms with Crippen LogP contribution in [0, 0.1) is 0 Å². The number of nitrogens with one attached hydrogen (secondary N) is 1. The van der Waals surface area contributed by atoms with E-state index >= 15 is 0 Å². The Bertz CT molecular complexity index is 879. The van der Waals surface area contributed by atoms with E-state index < -0.39 is 0 Å². The Morgan fingerprint density at radius 2 is 1.92 bits per heavy atom. The molecule has 0 aliphatic carbocycles. The van der Waals surface area contributed by atoms with E-state index in [1.165, 1.54) is 11.3 Å². The van der Waals surface area contributed by atoms with Crippen LogP contribution in [0.1, 0.15) is 10.5 Å². The second kappa shape index (κ2) is 7.21. The topological polar surface area (TPSA) is 51.2 Å². The molecule has 1 aromatic heterocycles. The molecule has 122 valence electrons.